The van der Waals surface area contributed by atoms with Gasteiger partial charge in [0.1, 0.15) is 5.75 Å². The predicted molar refractivity (Wildman–Crippen MR) is 142 cm³/mol. The Morgan fingerprint density at radius 1 is 1.03 bits per heavy atom. The second-order valence-corrected chi connectivity index (χ2v) is 9.36. The van der Waals surface area contributed by atoms with Crippen molar-refractivity contribution in [1.82, 2.24) is 15.5 Å². The number of hydrogen-bond acceptors (Lipinski definition) is 6. The molecule has 1 aliphatic heterocycles. The maximum absolute atomic E-state index is 13.4. The van der Waals surface area contributed by atoms with Crippen LogP contribution < -0.4 is 15.0 Å². The van der Waals surface area contributed by atoms with Crippen molar-refractivity contribution in [3.63, 3.8) is 0 Å². The van der Waals surface area contributed by atoms with Gasteiger partial charge < -0.3 is 14.6 Å². The van der Waals surface area contributed by atoms with E-state index in [1.807, 2.05) is 92.9 Å². The van der Waals surface area contributed by atoms with E-state index in [0.717, 1.165) is 44.3 Å². The summed E-state index contributed by atoms with van der Waals surface area (Å²) in [4.78, 5) is 20.9. The minimum Gasteiger partial charge on any atom is -0.497 e. The fourth-order valence-electron chi connectivity index (χ4n) is 4.28. The number of hydrogen-bond donors (Lipinski definition) is 1. The van der Waals surface area contributed by atoms with Crippen molar-refractivity contribution in [2.24, 2.45) is 0 Å². The number of benzene rings is 3. The fourth-order valence-corrected chi connectivity index (χ4v) is 4.73. The third-order valence-electron chi connectivity index (χ3n) is 6.21. The van der Waals surface area contributed by atoms with Crippen LogP contribution in [0.5, 0.6) is 5.75 Å². The Bertz CT molecular complexity index is 1430. The Hall–Kier alpha value is -4.04. The average Bonchev–Trinajstić information content (AvgIpc) is 3.39. The molecule has 1 unspecified atom stereocenters. The largest absolute Gasteiger partial charge is 0.497 e. The fraction of sp³-hybridized carbons (Fsp3) is 0.179. The van der Waals surface area contributed by atoms with Crippen LogP contribution in [0.1, 0.15) is 30.0 Å². The topological polar surface area (TPSA) is 80.5 Å². The lowest BCUT2D eigenvalue weighted by molar-refractivity contribution is 0.244. The summed E-state index contributed by atoms with van der Waals surface area (Å²) < 4.78 is 11.0. The Balaban J connectivity index is 1.63. The summed E-state index contributed by atoms with van der Waals surface area (Å²) in [6.07, 6.45) is 2.01. The lowest BCUT2D eigenvalue weighted by Gasteiger charge is -2.35. The molecule has 0 spiro atoms. The van der Waals surface area contributed by atoms with E-state index in [9.17, 15) is 4.79 Å². The van der Waals surface area contributed by atoms with Crippen LogP contribution in [0.15, 0.2) is 87.9 Å². The molecule has 8 heteroatoms. The molecule has 2 amide bonds. The maximum atomic E-state index is 13.4. The SMILES string of the molecule is COc1ccc(-c2noc(C3=C(C)N(c4cccc(SC)c4)C(=O)NC3c3ccc(C)cc3)n2)cc1. The molecular weight excluding hydrogens is 472 g/mol. The first-order valence-corrected chi connectivity index (χ1v) is 12.7. The molecule has 0 fully saturated rings. The monoisotopic (exact) mass is 498 g/mol. The minimum absolute atomic E-state index is 0.213. The van der Waals surface area contributed by atoms with Crippen LogP contribution in [0.4, 0.5) is 10.5 Å². The van der Waals surface area contributed by atoms with Gasteiger partial charge in [-0.3, -0.25) is 4.90 Å². The second kappa shape index (κ2) is 9.91. The summed E-state index contributed by atoms with van der Waals surface area (Å²) in [5.41, 5.74) is 5.13. The number of carbonyl (C=O) groups is 1. The molecule has 7 nitrogen and oxygen atoms in total. The van der Waals surface area contributed by atoms with Gasteiger partial charge in [-0.2, -0.15) is 4.98 Å². The van der Waals surface area contributed by atoms with Gasteiger partial charge in [0.15, 0.2) is 0 Å². The van der Waals surface area contributed by atoms with Crippen LogP contribution in [0.25, 0.3) is 17.0 Å². The van der Waals surface area contributed by atoms with Crippen LogP contribution in [-0.4, -0.2) is 29.5 Å². The van der Waals surface area contributed by atoms with Crippen LogP contribution in [0.3, 0.4) is 0 Å². The third kappa shape index (κ3) is 4.47. The van der Waals surface area contributed by atoms with E-state index in [4.69, 9.17) is 14.2 Å². The molecule has 182 valence electrons. The van der Waals surface area contributed by atoms with Crippen LogP contribution >= 0.6 is 11.8 Å². The zero-order valence-electron chi connectivity index (χ0n) is 20.5. The quantitative estimate of drug-likeness (QED) is 0.307. The molecule has 4 aromatic rings. The Morgan fingerprint density at radius 3 is 2.47 bits per heavy atom. The summed E-state index contributed by atoms with van der Waals surface area (Å²) in [7, 11) is 1.62. The van der Waals surface area contributed by atoms with Gasteiger partial charge in [-0.05, 0) is 68.1 Å². The minimum atomic E-state index is -0.442. The highest BCUT2D eigenvalue weighted by Gasteiger charge is 2.36. The van der Waals surface area contributed by atoms with Gasteiger partial charge in [0.2, 0.25) is 5.82 Å². The summed E-state index contributed by atoms with van der Waals surface area (Å²) >= 11 is 1.62. The number of amides is 2. The van der Waals surface area contributed by atoms with Gasteiger partial charge >= 0.3 is 6.03 Å². The third-order valence-corrected chi connectivity index (χ3v) is 6.94. The summed E-state index contributed by atoms with van der Waals surface area (Å²) in [6.45, 7) is 3.95. The van der Waals surface area contributed by atoms with Crippen LogP contribution in [-0.2, 0) is 0 Å². The lowest BCUT2D eigenvalue weighted by Crippen LogP contribution is -2.46. The standard InChI is InChI=1S/C28H26N4O3S/c1-17-8-10-19(11-9-17)25-24(27-30-26(31-35-27)20-12-14-22(34-3)15-13-20)18(2)32(28(33)29-25)21-6-5-7-23(16-21)36-4/h5-16,25H,1-4H3,(H,29,33). The number of allylic oxidation sites excluding steroid dienone is 1. The van der Waals surface area contributed by atoms with Crippen molar-refractivity contribution in [2.45, 2.75) is 24.8 Å². The van der Waals surface area contributed by atoms with Crippen molar-refractivity contribution in [1.29, 1.82) is 0 Å². The summed E-state index contributed by atoms with van der Waals surface area (Å²) in [5, 5.41) is 7.40. The van der Waals surface area contributed by atoms with E-state index in [0.29, 0.717) is 11.7 Å². The molecule has 0 saturated heterocycles. The predicted octanol–water partition coefficient (Wildman–Crippen LogP) is 6.48. The zero-order valence-corrected chi connectivity index (χ0v) is 21.3. The normalized spacial score (nSPS) is 15.7. The van der Waals surface area contributed by atoms with Crippen molar-refractivity contribution in [3.8, 4) is 17.1 Å². The molecule has 36 heavy (non-hydrogen) atoms. The van der Waals surface area contributed by atoms with Crippen LogP contribution in [0.2, 0.25) is 0 Å². The Kier molecular flexibility index (Phi) is 6.52. The first kappa shape index (κ1) is 23.7. The van der Waals surface area contributed by atoms with E-state index < -0.39 is 6.04 Å². The Labute approximate surface area is 214 Å². The van der Waals surface area contributed by atoms with E-state index in [2.05, 4.69) is 10.5 Å². The van der Waals surface area contributed by atoms with Crippen LogP contribution in [0, 0.1) is 6.92 Å². The molecular formula is C28H26N4O3S. The van der Waals surface area contributed by atoms with E-state index in [1.54, 1.807) is 23.8 Å². The van der Waals surface area contributed by atoms with Crippen molar-refractivity contribution < 1.29 is 14.1 Å². The van der Waals surface area contributed by atoms with E-state index in [1.165, 1.54) is 0 Å². The van der Waals surface area contributed by atoms with Gasteiger partial charge in [-0.15, -0.1) is 11.8 Å². The molecule has 1 atom stereocenters. The maximum Gasteiger partial charge on any atom is 0.326 e. The lowest BCUT2D eigenvalue weighted by atomic mass is 9.94. The molecule has 0 saturated carbocycles. The molecule has 0 bridgehead atoms. The number of urea groups is 1. The van der Waals surface area contributed by atoms with Crippen molar-refractivity contribution in [2.75, 3.05) is 18.3 Å². The van der Waals surface area contributed by atoms with Gasteiger partial charge in [-0.1, -0.05) is 41.1 Å². The second-order valence-electron chi connectivity index (χ2n) is 8.48. The highest BCUT2D eigenvalue weighted by molar-refractivity contribution is 7.98. The number of methoxy groups -OCH3 is 1. The number of anilines is 1. The van der Waals surface area contributed by atoms with E-state index in [-0.39, 0.29) is 6.03 Å². The van der Waals surface area contributed by atoms with Crippen molar-refractivity contribution >= 4 is 29.1 Å². The zero-order chi connectivity index (χ0) is 25.2. The summed E-state index contributed by atoms with van der Waals surface area (Å²) in [6, 6.07) is 22.8. The molecule has 2 heterocycles. The molecule has 5 rings (SSSR count). The number of thioether (sulfide) groups is 1. The number of ether oxygens (including phenoxy) is 1. The molecule has 1 aromatic heterocycles. The molecule has 0 aliphatic carbocycles. The molecule has 1 N–H and O–H groups in total. The average molecular weight is 499 g/mol. The molecule has 0 radical (unpaired) electrons. The first-order valence-electron chi connectivity index (χ1n) is 11.5. The molecule has 3 aromatic carbocycles. The van der Waals surface area contributed by atoms with Gasteiger partial charge in [0.25, 0.3) is 5.89 Å². The number of nitrogens with zero attached hydrogens (tertiary/aromatic N) is 3. The van der Waals surface area contributed by atoms with Gasteiger partial charge in [-0.25, -0.2) is 4.79 Å². The van der Waals surface area contributed by atoms with Gasteiger partial charge in [0, 0.05) is 16.2 Å². The smallest absolute Gasteiger partial charge is 0.326 e. The number of aromatic nitrogens is 2. The Morgan fingerprint density at radius 2 is 1.78 bits per heavy atom. The first-order chi connectivity index (χ1) is 17.5. The number of carbonyl (C=O) groups excluding carboxylic acids is 1. The van der Waals surface area contributed by atoms with Crippen molar-refractivity contribution in [3.05, 3.63) is 95.5 Å². The number of aryl methyl sites for hydroxylation is 1. The van der Waals surface area contributed by atoms with Gasteiger partial charge in [0.05, 0.1) is 24.4 Å². The number of nitrogens with one attached hydrogen (secondary N) is 1. The number of rotatable bonds is 6. The highest BCUT2D eigenvalue weighted by atomic mass is 32.2. The van der Waals surface area contributed by atoms with E-state index >= 15 is 0 Å². The summed E-state index contributed by atoms with van der Waals surface area (Å²) in [5.74, 6) is 1.57. The highest BCUT2D eigenvalue weighted by Crippen LogP contribution is 2.39. The molecule has 1 aliphatic rings.